The third kappa shape index (κ3) is 2.14. The molecule has 4 heteroatoms. The summed E-state index contributed by atoms with van der Waals surface area (Å²) in [5.41, 5.74) is 1.65. The van der Waals surface area contributed by atoms with Crippen LogP contribution in [0.5, 0.6) is 17.2 Å². The number of phenolic OH excluding ortho intramolecular Hbond substituents is 1. The molecule has 0 fully saturated rings. The molecule has 1 N–H and O–H groups in total. The summed E-state index contributed by atoms with van der Waals surface area (Å²) in [5.74, 6) is 1.20. The van der Waals surface area contributed by atoms with Crippen LogP contribution in [-0.2, 0) is 0 Å². The maximum Gasteiger partial charge on any atom is 0.168 e. The summed E-state index contributed by atoms with van der Waals surface area (Å²) in [6.45, 7) is 0. The zero-order chi connectivity index (χ0) is 14.8. The van der Waals surface area contributed by atoms with Crippen LogP contribution in [0.15, 0.2) is 48.7 Å². The fraction of sp³-hybridized carbons (Fsp3) is 0.118. The first-order chi connectivity index (χ1) is 10.3. The Hall–Kier alpha value is -2.75. The Morgan fingerprint density at radius 1 is 1.00 bits per heavy atom. The maximum atomic E-state index is 10.4. The number of pyridine rings is 1. The van der Waals surface area contributed by atoms with Crippen molar-refractivity contribution in [3.8, 4) is 28.5 Å². The predicted molar refractivity (Wildman–Crippen MR) is 81.9 cm³/mol. The zero-order valence-corrected chi connectivity index (χ0v) is 11.8. The SMILES string of the molecule is COc1cc(O)c2c(-c3ccccc3)nccc2c1OC. The van der Waals surface area contributed by atoms with Gasteiger partial charge in [0.25, 0.3) is 0 Å². The number of hydrogen-bond acceptors (Lipinski definition) is 4. The van der Waals surface area contributed by atoms with Gasteiger partial charge in [-0.25, -0.2) is 0 Å². The van der Waals surface area contributed by atoms with Crippen molar-refractivity contribution in [2.75, 3.05) is 14.2 Å². The molecule has 0 saturated heterocycles. The van der Waals surface area contributed by atoms with Crippen molar-refractivity contribution in [1.29, 1.82) is 0 Å². The van der Waals surface area contributed by atoms with E-state index in [1.54, 1.807) is 26.5 Å². The van der Waals surface area contributed by atoms with Crippen molar-refractivity contribution < 1.29 is 14.6 Å². The Morgan fingerprint density at radius 2 is 1.76 bits per heavy atom. The molecule has 21 heavy (non-hydrogen) atoms. The second-order valence-corrected chi connectivity index (χ2v) is 4.58. The minimum atomic E-state index is 0.120. The van der Waals surface area contributed by atoms with Crippen LogP contribution in [-0.4, -0.2) is 24.3 Å². The molecule has 0 atom stereocenters. The third-order valence-corrected chi connectivity index (χ3v) is 3.41. The van der Waals surface area contributed by atoms with E-state index in [0.29, 0.717) is 22.6 Å². The topological polar surface area (TPSA) is 51.6 Å². The van der Waals surface area contributed by atoms with Crippen LogP contribution in [0.3, 0.4) is 0 Å². The number of ether oxygens (including phenoxy) is 2. The van der Waals surface area contributed by atoms with E-state index < -0.39 is 0 Å². The van der Waals surface area contributed by atoms with E-state index in [2.05, 4.69) is 4.98 Å². The van der Waals surface area contributed by atoms with Gasteiger partial charge in [-0.3, -0.25) is 4.98 Å². The molecule has 0 unspecified atom stereocenters. The molecule has 0 aliphatic rings. The van der Waals surface area contributed by atoms with Crippen molar-refractivity contribution in [2.24, 2.45) is 0 Å². The molecule has 0 saturated carbocycles. The Morgan fingerprint density at radius 3 is 2.43 bits per heavy atom. The lowest BCUT2D eigenvalue weighted by Gasteiger charge is -2.14. The smallest absolute Gasteiger partial charge is 0.168 e. The van der Waals surface area contributed by atoms with E-state index in [0.717, 1.165) is 10.9 Å². The number of methoxy groups -OCH3 is 2. The molecule has 0 radical (unpaired) electrons. The summed E-state index contributed by atoms with van der Waals surface area (Å²) < 4.78 is 10.7. The number of rotatable bonds is 3. The molecule has 0 amide bonds. The van der Waals surface area contributed by atoms with E-state index in [1.807, 2.05) is 36.4 Å². The van der Waals surface area contributed by atoms with Gasteiger partial charge in [-0.15, -0.1) is 0 Å². The highest BCUT2D eigenvalue weighted by Crippen LogP contribution is 2.43. The fourth-order valence-electron chi connectivity index (χ4n) is 2.48. The quantitative estimate of drug-likeness (QED) is 0.796. The molecule has 3 aromatic rings. The first-order valence-electron chi connectivity index (χ1n) is 6.54. The van der Waals surface area contributed by atoms with Crippen molar-refractivity contribution in [2.45, 2.75) is 0 Å². The van der Waals surface area contributed by atoms with Crippen molar-refractivity contribution >= 4 is 10.8 Å². The van der Waals surface area contributed by atoms with Gasteiger partial charge >= 0.3 is 0 Å². The molecule has 106 valence electrons. The molecule has 0 bridgehead atoms. The van der Waals surface area contributed by atoms with E-state index in [9.17, 15) is 5.11 Å². The Kier molecular flexibility index (Phi) is 3.36. The summed E-state index contributed by atoms with van der Waals surface area (Å²) in [6.07, 6.45) is 1.70. The van der Waals surface area contributed by atoms with E-state index in [1.165, 1.54) is 0 Å². The van der Waals surface area contributed by atoms with Crippen LogP contribution in [0.4, 0.5) is 0 Å². The van der Waals surface area contributed by atoms with Gasteiger partial charge in [0.05, 0.1) is 25.3 Å². The van der Waals surface area contributed by atoms with Gasteiger partial charge in [-0.05, 0) is 6.07 Å². The maximum absolute atomic E-state index is 10.4. The average Bonchev–Trinajstić information content (AvgIpc) is 2.55. The van der Waals surface area contributed by atoms with Crippen molar-refractivity contribution in [1.82, 2.24) is 4.98 Å². The number of phenols is 1. The molecular formula is C17H15NO3. The summed E-state index contributed by atoms with van der Waals surface area (Å²) in [6, 6.07) is 13.1. The normalized spacial score (nSPS) is 10.6. The summed E-state index contributed by atoms with van der Waals surface area (Å²) in [5, 5.41) is 11.8. The van der Waals surface area contributed by atoms with Crippen LogP contribution in [0, 0.1) is 0 Å². The Labute approximate surface area is 122 Å². The van der Waals surface area contributed by atoms with Crippen LogP contribution >= 0.6 is 0 Å². The van der Waals surface area contributed by atoms with Crippen LogP contribution in [0.2, 0.25) is 0 Å². The lowest BCUT2D eigenvalue weighted by atomic mass is 10.0. The second-order valence-electron chi connectivity index (χ2n) is 4.58. The van der Waals surface area contributed by atoms with Crippen molar-refractivity contribution in [3.63, 3.8) is 0 Å². The molecule has 0 aliphatic carbocycles. The molecule has 0 spiro atoms. The lowest BCUT2D eigenvalue weighted by Crippen LogP contribution is -1.94. The van der Waals surface area contributed by atoms with E-state index in [-0.39, 0.29) is 5.75 Å². The first kappa shape index (κ1) is 13.2. The molecule has 2 aromatic carbocycles. The van der Waals surface area contributed by atoms with Gasteiger partial charge < -0.3 is 14.6 Å². The van der Waals surface area contributed by atoms with Gasteiger partial charge in [-0.2, -0.15) is 0 Å². The van der Waals surface area contributed by atoms with E-state index in [4.69, 9.17) is 9.47 Å². The van der Waals surface area contributed by atoms with Crippen LogP contribution in [0.25, 0.3) is 22.0 Å². The Bertz CT molecular complexity index is 785. The molecular weight excluding hydrogens is 266 g/mol. The fourth-order valence-corrected chi connectivity index (χ4v) is 2.48. The molecule has 1 aromatic heterocycles. The zero-order valence-electron chi connectivity index (χ0n) is 11.8. The lowest BCUT2D eigenvalue weighted by molar-refractivity contribution is 0.355. The minimum Gasteiger partial charge on any atom is -0.507 e. The number of nitrogens with zero attached hydrogens (tertiary/aromatic N) is 1. The third-order valence-electron chi connectivity index (χ3n) is 3.41. The molecule has 3 rings (SSSR count). The minimum absolute atomic E-state index is 0.120. The number of aromatic hydroxyl groups is 1. The molecule has 0 aliphatic heterocycles. The largest absolute Gasteiger partial charge is 0.507 e. The Balaban J connectivity index is 2.39. The summed E-state index contributed by atoms with van der Waals surface area (Å²) >= 11 is 0. The highest BCUT2D eigenvalue weighted by Gasteiger charge is 2.17. The molecule has 1 heterocycles. The summed E-state index contributed by atoms with van der Waals surface area (Å²) in [4.78, 5) is 4.41. The highest BCUT2D eigenvalue weighted by atomic mass is 16.5. The van der Waals surface area contributed by atoms with Gasteiger partial charge in [0, 0.05) is 23.2 Å². The number of aromatic nitrogens is 1. The van der Waals surface area contributed by atoms with E-state index >= 15 is 0 Å². The average molecular weight is 281 g/mol. The second kappa shape index (κ2) is 5.32. The number of hydrogen-bond donors (Lipinski definition) is 1. The van der Waals surface area contributed by atoms with Gasteiger partial charge in [0.1, 0.15) is 5.75 Å². The number of benzene rings is 2. The van der Waals surface area contributed by atoms with Crippen molar-refractivity contribution in [3.05, 3.63) is 48.7 Å². The predicted octanol–water partition coefficient (Wildman–Crippen LogP) is 3.62. The number of fused-ring (bicyclic) bond motifs is 1. The first-order valence-corrected chi connectivity index (χ1v) is 6.54. The summed E-state index contributed by atoms with van der Waals surface area (Å²) in [7, 11) is 3.12. The van der Waals surface area contributed by atoms with Gasteiger partial charge in [-0.1, -0.05) is 30.3 Å². The standard InChI is InChI=1S/C17H15NO3/c1-20-14-10-13(19)15-12(17(14)21-2)8-9-18-16(15)11-6-4-3-5-7-11/h3-10,19H,1-2H3. The van der Waals surface area contributed by atoms with Gasteiger partial charge in [0.2, 0.25) is 0 Å². The van der Waals surface area contributed by atoms with Gasteiger partial charge in [0.15, 0.2) is 11.5 Å². The molecule has 4 nitrogen and oxygen atoms in total. The highest BCUT2D eigenvalue weighted by molar-refractivity contribution is 6.03. The monoisotopic (exact) mass is 281 g/mol. The van der Waals surface area contributed by atoms with Crippen LogP contribution in [0.1, 0.15) is 0 Å². The van der Waals surface area contributed by atoms with Crippen LogP contribution < -0.4 is 9.47 Å².